The predicted octanol–water partition coefficient (Wildman–Crippen LogP) is 1.93. The second-order valence-electron chi connectivity index (χ2n) is 2.71. The lowest BCUT2D eigenvalue weighted by molar-refractivity contribution is 0.0692. The summed E-state index contributed by atoms with van der Waals surface area (Å²) in [5.74, 6) is -0.893. The minimum Gasteiger partial charge on any atom is -0.478 e. The van der Waals surface area contributed by atoms with Crippen LogP contribution in [0.15, 0.2) is 24.3 Å². The third kappa shape index (κ3) is 2.35. The van der Waals surface area contributed by atoms with Crippen LogP contribution in [0.2, 0.25) is 0 Å². The van der Waals surface area contributed by atoms with Crippen LogP contribution in [-0.2, 0) is 0 Å². The fourth-order valence-corrected chi connectivity index (χ4v) is 1.54. The maximum Gasteiger partial charge on any atom is 0.336 e. The molecule has 4 heteroatoms. The summed E-state index contributed by atoms with van der Waals surface area (Å²) >= 11 is 1.38. The molecule has 0 aliphatic carbocycles. The zero-order chi connectivity index (χ0) is 10.6. The molecule has 0 atom stereocenters. The number of Topliss-reactive ketones (excluding diaryl/α,β-unsaturated/α-hetero) is 1. The monoisotopic (exact) mass is 210 g/mol. The van der Waals surface area contributed by atoms with E-state index in [2.05, 4.69) is 0 Å². The van der Waals surface area contributed by atoms with Crippen LogP contribution in [0.4, 0.5) is 0 Å². The van der Waals surface area contributed by atoms with E-state index in [1.807, 2.05) is 0 Å². The summed E-state index contributed by atoms with van der Waals surface area (Å²) in [5.41, 5.74) is 0.362. The molecule has 0 aliphatic rings. The summed E-state index contributed by atoms with van der Waals surface area (Å²) < 4.78 is 0. The molecule has 0 aromatic heterocycles. The molecule has 1 aromatic carbocycles. The van der Waals surface area contributed by atoms with E-state index in [9.17, 15) is 9.59 Å². The molecule has 0 radical (unpaired) electrons. The normalized spacial score (nSPS) is 9.79. The van der Waals surface area contributed by atoms with Gasteiger partial charge in [-0.05, 0) is 12.3 Å². The number of carbonyl (C=O) groups is 2. The Morgan fingerprint density at radius 3 is 2.36 bits per heavy atom. The molecule has 1 aromatic rings. The molecule has 1 rings (SSSR count). The minimum absolute atomic E-state index is 0.0755. The number of carboxylic acids is 1. The van der Waals surface area contributed by atoms with Gasteiger partial charge in [-0.15, -0.1) is 0 Å². The van der Waals surface area contributed by atoms with E-state index >= 15 is 0 Å². The lowest BCUT2D eigenvalue weighted by Gasteiger charge is -2.02. The van der Waals surface area contributed by atoms with Crippen LogP contribution in [0.5, 0.6) is 0 Å². The number of ketones is 1. The molecule has 3 nitrogen and oxygen atoms in total. The van der Waals surface area contributed by atoms with Crippen molar-refractivity contribution in [2.45, 2.75) is 0 Å². The molecule has 0 bridgehead atoms. The maximum absolute atomic E-state index is 11.5. The van der Waals surface area contributed by atoms with Crippen molar-refractivity contribution >= 4 is 23.5 Å². The summed E-state index contributed by atoms with van der Waals surface area (Å²) in [4.78, 5) is 22.3. The Morgan fingerprint density at radius 2 is 1.86 bits per heavy atom. The molecule has 0 fully saturated rings. The van der Waals surface area contributed by atoms with Gasteiger partial charge >= 0.3 is 5.97 Å². The lowest BCUT2D eigenvalue weighted by atomic mass is 10.0. The van der Waals surface area contributed by atoms with Gasteiger partial charge < -0.3 is 5.11 Å². The largest absolute Gasteiger partial charge is 0.478 e. The molecule has 14 heavy (non-hydrogen) atoms. The number of hydrogen-bond acceptors (Lipinski definition) is 3. The molecule has 0 amide bonds. The molecular weight excluding hydrogens is 200 g/mol. The van der Waals surface area contributed by atoms with E-state index in [1.165, 1.54) is 17.8 Å². The van der Waals surface area contributed by atoms with Gasteiger partial charge in [0.05, 0.1) is 11.3 Å². The first-order valence-corrected chi connectivity index (χ1v) is 5.40. The third-order valence-electron chi connectivity index (χ3n) is 1.73. The summed E-state index contributed by atoms with van der Waals surface area (Å²) in [7, 11) is 0. The molecule has 0 spiro atoms. The van der Waals surface area contributed by atoms with Crippen LogP contribution in [-0.4, -0.2) is 28.9 Å². The van der Waals surface area contributed by atoms with Gasteiger partial charge in [0.15, 0.2) is 5.78 Å². The number of aromatic carboxylic acids is 1. The quantitative estimate of drug-likeness (QED) is 0.771. The zero-order valence-corrected chi connectivity index (χ0v) is 8.50. The minimum atomic E-state index is -1.06. The second kappa shape index (κ2) is 4.81. The summed E-state index contributed by atoms with van der Waals surface area (Å²) in [6, 6.07) is 6.26. The van der Waals surface area contributed by atoms with Crippen LogP contribution >= 0.6 is 11.8 Å². The molecule has 0 saturated heterocycles. The first kappa shape index (κ1) is 10.8. The smallest absolute Gasteiger partial charge is 0.336 e. The highest BCUT2D eigenvalue weighted by Gasteiger charge is 2.14. The van der Waals surface area contributed by atoms with Crippen molar-refractivity contribution in [3.05, 3.63) is 35.4 Å². The Morgan fingerprint density at radius 1 is 1.29 bits per heavy atom. The van der Waals surface area contributed by atoms with Crippen molar-refractivity contribution in [1.29, 1.82) is 0 Å². The first-order valence-electron chi connectivity index (χ1n) is 4.01. The molecule has 0 aliphatic heterocycles. The highest BCUT2D eigenvalue weighted by atomic mass is 32.2. The van der Waals surface area contributed by atoms with Gasteiger partial charge in [0.2, 0.25) is 0 Å². The van der Waals surface area contributed by atoms with E-state index in [0.717, 1.165) is 0 Å². The van der Waals surface area contributed by atoms with Gasteiger partial charge in [-0.3, -0.25) is 4.79 Å². The van der Waals surface area contributed by atoms with Crippen molar-refractivity contribution in [1.82, 2.24) is 0 Å². The van der Waals surface area contributed by atoms with Gasteiger partial charge in [0.1, 0.15) is 0 Å². The van der Waals surface area contributed by atoms with Crippen LogP contribution in [0, 0.1) is 0 Å². The number of hydrogen-bond donors (Lipinski definition) is 1. The van der Waals surface area contributed by atoms with Crippen LogP contribution < -0.4 is 0 Å². The van der Waals surface area contributed by atoms with Crippen molar-refractivity contribution in [3.8, 4) is 0 Å². The Bertz CT molecular complexity index is 360. The van der Waals surface area contributed by atoms with E-state index in [1.54, 1.807) is 24.5 Å². The second-order valence-corrected chi connectivity index (χ2v) is 3.57. The van der Waals surface area contributed by atoms with E-state index in [-0.39, 0.29) is 16.9 Å². The zero-order valence-electron chi connectivity index (χ0n) is 7.69. The lowest BCUT2D eigenvalue weighted by Crippen LogP contribution is -2.09. The number of carboxylic acid groups (broad SMARTS) is 1. The topological polar surface area (TPSA) is 54.4 Å². The number of rotatable bonds is 4. The van der Waals surface area contributed by atoms with Crippen molar-refractivity contribution < 1.29 is 14.7 Å². The van der Waals surface area contributed by atoms with E-state index in [4.69, 9.17) is 5.11 Å². The molecule has 74 valence electrons. The van der Waals surface area contributed by atoms with Crippen LogP contribution in [0.3, 0.4) is 0 Å². The SMILES string of the molecule is CSCC(=O)c1ccccc1C(=O)O. The summed E-state index contributed by atoms with van der Waals surface area (Å²) in [5, 5.41) is 8.82. The van der Waals surface area contributed by atoms with E-state index in [0.29, 0.717) is 5.75 Å². The maximum atomic E-state index is 11.5. The Hall–Kier alpha value is -1.29. The highest BCUT2D eigenvalue weighted by Crippen LogP contribution is 2.11. The van der Waals surface area contributed by atoms with Crippen molar-refractivity contribution in [2.75, 3.05) is 12.0 Å². The first-order chi connectivity index (χ1) is 6.66. The Kier molecular flexibility index (Phi) is 3.71. The van der Waals surface area contributed by atoms with Crippen molar-refractivity contribution in [2.24, 2.45) is 0 Å². The third-order valence-corrected chi connectivity index (χ3v) is 2.28. The van der Waals surface area contributed by atoms with Gasteiger partial charge in [-0.1, -0.05) is 18.2 Å². The van der Waals surface area contributed by atoms with Crippen LogP contribution in [0.1, 0.15) is 20.7 Å². The predicted molar refractivity (Wildman–Crippen MR) is 56.1 cm³/mol. The fraction of sp³-hybridized carbons (Fsp3) is 0.200. The standard InChI is InChI=1S/C10H10O3S/c1-14-6-9(11)7-4-2-3-5-8(7)10(12)13/h2-5H,6H2,1H3,(H,12,13). The van der Waals surface area contributed by atoms with Gasteiger partial charge in [-0.25, -0.2) is 4.79 Å². The molecule has 0 heterocycles. The number of carbonyl (C=O) groups excluding carboxylic acids is 1. The number of thioether (sulfide) groups is 1. The Labute approximate surface area is 86.1 Å². The van der Waals surface area contributed by atoms with Gasteiger partial charge in [0, 0.05) is 5.56 Å². The molecule has 1 N–H and O–H groups in total. The van der Waals surface area contributed by atoms with Gasteiger partial charge in [0.25, 0.3) is 0 Å². The van der Waals surface area contributed by atoms with Crippen LogP contribution in [0.25, 0.3) is 0 Å². The molecule has 0 saturated carbocycles. The number of benzene rings is 1. The summed E-state index contributed by atoms with van der Waals surface area (Å²) in [6.45, 7) is 0. The fourth-order valence-electron chi connectivity index (χ4n) is 1.12. The highest BCUT2D eigenvalue weighted by molar-refractivity contribution is 7.99. The van der Waals surface area contributed by atoms with Crippen molar-refractivity contribution in [3.63, 3.8) is 0 Å². The molecule has 0 unspecified atom stereocenters. The average Bonchev–Trinajstić information content (AvgIpc) is 2.18. The van der Waals surface area contributed by atoms with E-state index < -0.39 is 5.97 Å². The Balaban J connectivity index is 3.07. The van der Waals surface area contributed by atoms with Gasteiger partial charge in [-0.2, -0.15) is 11.8 Å². The molecular formula is C10H10O3S. The average molecular weight is 210 g/mol. The summed E-state index contributed by atoms with van der Waals surface area (Å²) in [6.07, 6.45) is 1.81.